The number of fused-ring (bicyclic) bond motifs is 1. The first-order valence-electron chi connectivity index (χ1n) is 4.89. The molecule has 84 valence electrons. The van der Waals surface area contributed by atoms with Gasteiger partial charge in [-0.25, -0.2) is 9.48 Å². The van der Waals surface area contributed by atoms with E-state index in [4.69, 9.17) is 4.74 Å². The standard InChI is InChI=1S/C10H11N3O2S/c1-2-15-10(14)16-7-13-9-6-4-3-5-8(9)11-12-13/h3-6H,2,7H2,1H3. The highest BCUT2D eigenvalue weighted by atomic mass is 32.2. The van der Waals surface area contributed by atoms with Crippen LogP contribution in [0.4, 0.5) is 4.79 Å². The van der Waals surface area contributed by atoms with Gasteiger partial charge in [0.25, 0.3) is 0 Å². The number of hydrogen-bond donors (Lipinski definition) is 0. The molecule has 0 radical (unpaired) electrons. The molecule has 0 fully saturated rings. The van der Waals surface area contributed by atoms with Gasteiger partial charge in [-0.1, -0.05) is 17.3 Å². The Morgan fingerprint density at radius 2 is 2.31 bits per heavy atom. The molecule has 1 heterocycles. The molecule has 6 heteroatoms. The van der Waals surface area contributed by atoms with E-state index in [9.17, 15) is 4.79 Å². The third kappa shape index (κ3) is 2.33. The number of ether oxygens (including phenoxy) is 1. The lowest BCUT2D eigenvalue weighted by molar-refractivity contribution is 0.181. The van der Waals surface area contributed by atoms with Crippen LogP contribution in [0.25, 0.3) is 11.0 Å². The molecule has 0 saturated carbocycles. The van der Waals surface area contributed by atoms with Crippen LogP contribution in [0.3, 0.4) is 0 Å². The van der Waals surface area contributed by atoms with E-state index in [0.717, 1.165) is 22.8 Å². The molecule has 0 aliphatic rings. The quantitative estimate of drug-likeness (QED) is 0.766. The van der Waals surface area contributed by atoms with E-state index < -0.39 is 0 Å². The second-order valence-corrected chi connectivity index (χ2v) is 3.91. The first kappa shape index (κ1) is 10.9. The zero-order valence-electron chi connectivity index (χ0n) is 8.79. The van der Waals surface area contributed by atoms with Gasteiger partial charge in [0, 0.05) is 0 Å². The first-order chi connectivity index (χ1) is 7.81. The summed E-state index contributed by atoms with van der Waals surface area (Å²) in [7, 11) is 0. The fourth-order valence-electron chi connectivity index (χ4n) is 1.29. The van der Waals surface area contributed by atoms with Gasteiger partial charge in [-0.2, -0.15) is 0 Å². The monoisotopic (exact) mass is 237 g/mol. The van der Waals surface area contributed by atoms with Crippen LogP contribution < -0.4 is 0 Å². The lowest BCUT2D eigenvalue weighted by Crippen LogP contribution is -2.02. The Morgan fingerprint density at radius 3 is 3.12 bits per heavy atom. The molecule has 16 heavy (non-hydrogen) atoms. The highest BCUT2D eigenvalue weighted by Gasteiger charge is 2.07. The molecule has 1 aromatic heterocycles. The minimum atomic E-state index is -0.290. The second-order valence-electron chi connectivity index (χ2n) is 3.03. The summed E-state index contributed by atoms with van der Waals surface area (Å²) in [6.45, 7) is 2.17. The van der Waals surface area contributed by atoms with Crippen molar-refractivity contribution >= 4 is 28.1 Å². The van der Waals surface area contributed by atoms with Gasteiger partial charge in [0.1, 0.15) is 5.52 Å². The van der Waals surface area contributed by atoms with E-state index in [-0.39, 0.29) is 5.30 Å². The van der Waals surface area contributed by atoms with Crippen molar-refractivity contribution in [2.24, 2.45) is 0 Å². The molecule has 2 rings (SSSR count). The van der Waals surface area contributed by atoms with E-state index in [1.807, 2.05) is 24.3 Å². The number of thioether (sulfide) groups is 1. The summed E-state index contributed by atoms with van der Waals surface area (Å²) in [6.07, 6.45) is 0. The van der Waals surface area contributed by atoms with Crippen LogP contribution in [0, 0.1) is 0 Å². The summed E-state index contributed by atoms with van der Waals surface area (Å²) in [5.41, 5.74) is 1.74. The SMILES string of the molecule is CCOC(=O)SCn1nnc2ccccc21. The lowest BCUT2D eigenvalue weighted by Gasteiger charge is -2.01. The van der Waals surface area contributed by atoms with E-state index in [0.29, 0.717) is 12.5 Å². The normalized spacial score (nSPS) is 10.6. The molecule has 0 spiro atoms. The maximum atomic E-state index is 11.2. The van der Waals surface area contributed by atoms with Crippen LogP contribution in [-0.4, -0.2) is 26.9 Å². The molecule has 0 unspecified atom stereocenters. The first-order valence-corrected chi connectivity index (χ1v) is 5.87. The minimum Gasteiger partial charge on any atom is -0.458 e. The van der Waals surface area contributed by atoms with E-state index in [1.165, 1.54) is 0 Å². The summed E-state index contributed by atoms with van der Waals surface area (Å²) in [5, 5.41) is 7.67. The van der Waals surface area contributed by atoms with Crippen LogP contribution in [0.2, 0.25) is 0 Å². The lowest BCUT2D eigenvalue weighted by atomic mass is 10.3. The molecule has 1 aromatic carbocycles. The van der Waals surface area contributed by atoms with Crippen molar-refractivity contribution in [1.29, 1.82) is 0 Å². The van der Waals surface area contributed by atoms with Crippen LogP contribution >= 0.6 is 11.8 Å². The average molecular weight is 237 g/mol. The average Bonchev–Trinajstić information content (AvgIpc) is 2.70. The predicted molar refractivity (Wildman–Crippen MR) is 62.1 cm³/mol. The maximum Gasteiger partial charge on any atom is 0.369 e. The summed E-state index contributed by atoms with van der Waals surface area (Å²) in [4.78, 5) is 11.2. The van der Waals surface area contributed by atoms with Gasteiger partial charge in [0.2, 0.25) is 0 Å². The third-order valence-electron chi connectivity index (χ3n) is 1.99. The van der Waals surface area contributed by atoms with Crippen LogP contribution in [0.5, 0.6) is 0 Å². The van der Waals surface area contributed by atoms with E-state index in [1.54, 1.807) is 11.6 Å². The zero-order valence-corrected chi connectivity index (χ0v) is 9.61. The molecular formula is C10H11N3O2S. The van der Waals surface area contributed by atoms with Gasteiger partial charge in [0.05, 0.1) is 18.0 Å². The number of aromatic nitrogens is 3. The second kappa shape index (κ2) is 4.98. The van der Waals surface area contributed by atoms with Crippen molar-refractivity contribution < 1.29 is 9.53 Å². The van der Waals surface area contributed by atoms with Gasteiger partial charge >= 0.3 is 5.30 Å². The summed E-state index contributed by atoms with van der Waals surface area (Å²) in [6, 6.07) is 7.62. The Bertz CT molecular complexity index is 498. The third-order valence-corrected chi connectivity index (χ3v) is 2.71. The Kier molecular flexibility index (Phi) is 3.40. The molecule has 0 aliphatic carbocycles. The van der Waals surface area contributed by atoms with Crippen molar-refractivity contribution in [2.75, 3.05) is 6.61 Å². The highest BCUT2D eigenvalue weighted by molar-refractivity contribution is 8.12. The molecule has 0 bridgehead atoms. The molecule has 2 aromatic rings. The van der Waals surface area contributed by atoms with Crippen molar-refractivity contribution in [3.8, 4) is 0 Å². The van der Waals surface area contributed by atoms with Crippen LogP contribution in [0.1, 0.15) is 6.92 Å². The van der Waals surface area contributed by atoms with Crippen molar-refractivity contribution in [1.82, 2.24) is 15.0 Å². The van der Waals surface area contributed by atoms with Gasteiger partial charge in [-0.05, 0) is 30.8 Å². The fourth-order valence-corrected chi connectivity index (χ4v) is 1.91. The van der Waals surface area contributed by atoms with Crippen LogP contribution in [-0.2, 0) is 10.6 Å². The summed E-state index contributed by atoms with van der Waals surface area (Å²) >= 11 is 1.07. The predicted octanol–water partition coefficient (Wildman–Crippen LogP) is 2.28. The molecule has 5 nitrogen and oxygen atoms in total. The van der Waals surface area contributed by atoms with Gasteiger partial charge < -0.3 is 4.74 Å². The Hall–Kier alpha value is -1.56. The zero-order chi connectivity index (χ0) is 11.4. The molecule has 0 aliphatic heterocycles. The van der Waals surface area contributed by atoms with Crippen molar-refractivity contribution in [3.63, 3.8) is 0 Å². The molecule has 0 amide bonds. The molecule has 0 saturated heterocycles. The van der Waals surface area contributed by atoms with Crippen molar-refractivity contribution in [2.45, 2.75) is 12.8 Å². The fraction of sp³-hybridized carbons (Fsp3) is 0.300. The van der Waals surface area contributed by atoms with E-state index >= 15 is 0 Å². The Balaban J connectivity index is 2.07. The summed E-state index contributed by atoms with van der Waals surface area (Å²) in [5.74, 6) is 0.416. The van der Waals surface area contributed by atoms with E-state index in [2.05, 4.69) is 10.3 Å². The van der Waals surface area contributed by atoms with Gasteiger partial charge in [-0.3, -0.25) is 0 Å². The molecule has 0 atom stereocenters. The molecule has 0 N–H and O–H groups in total. The number of hydrogen-bond acceptors (Lipinski definition) is 5. The maximum absolute atomic E-state index is 11.2. The van der Waals surface area contributed by atoms with Crippen LogP contribution in [0.15, 0.2) is 24.3 Å². The van der Waals surface area contributed by atoms with Gasteiger partial charge in [0.15, 0.2) is 0 Å². The number of carbonyl (C=O) groups is 1. The minimum absolute atomic E-state index is 0.290. The van der Waals surface area contributed by atoms with Gasteiger partial charge in [-0.15, -0.1) is 5.10 Å². The Morgan fingerprint density at radius 1 is 1.50 bits per heavy atom. The number of para-hydroxylation sites is 1. The topological polar surface area (TPSA) is 57.0 Å². The smallest absolute Gasteiger partial charge is 0.369 e. The van der Waals surface area contributed by atoms with Crippen molar-refractivity contribution in [3.05, 3.63) is 24.3 Å². The summed E-state index contributed by atoms with van der Waals surface area (Å²) < 4.78 is 6.49. The molecular weight excluding hydrogens is 226 g/mol. The number of benzene rings is 1. The largest absolute Gasteiger partial charge is 0.458 e. The number of carbonyl (C=O) groups excluding carboxylic acids is 1. The number of rotatable bonds is 3. The number of nitrogens with zero attached hydrogens (tertiary/aromatic N) is 3. The Labute approximate surface area is 96.8 Å². The highest BCUT2D eigenvalue weighted by Crippen LogP contribution is 2.14.